The van der Waals surface area contributed by atoms with E-state index in [1.165, 1.54) is 44.9 Å². The predicted octanol–water partition coefficient (Wildman–Crippen LogP) is 5.17. The minimum Gasteiger partial charge on any atom is -0.0596 e. The van der Waals surface area contributed by atoms with Crippen LogP contribution < -0.4 is 0 Å². The van der Waals surface area contributed by atoms with Crippen molar-refractivity contribution in [2.45, 2.75) is 78.6 Å². The molecule has 0 saturated heterocycles. The monoisotopic (exact) mass is 220 g/mol. The van der Waals surface area contributed by atoms with E-state index in [2.05, 4.69) is 20.8 Å². The molecule has 0 heteroatoms. The number of rotatable bonds is 2. The van der Waals surface area contributed by atoms with Gasteiger partial charge in [0.15, 0.2) is 0 Å². The summed E-state index contributed by atoms with van der Waals surface area (Å²) in [4.78, 5) is 0. The van der Waals surface area contributed by atoms with Crippen LogP contribution in [0, 0.1) is 22.2 Å². The number of hydrogen-bond acceptors (Lipinski definition) is 0. The maximum atomic E-state index is 2.62. The van der Waals surface area contributed by atoms with Crippen LogP contribution in [0.2, 0.25) is 0 Å². The zero-order valence-electron chi connectivity index (χ0n) is 11.4. The summed E-state index contributed by atoms with van der Waals surface area (Å²) in [6.07, 6.45) is 13.6. The average Bonchev–Trinajstić information content (AvgIpc) is 2.79. The van der Waals surface area contributed by atoms with E-state index < -0.39 is 0 Å². The maximum absolute atomic E-state index is 2.62. The Hall–Kier alpha value is 0. The highest BCUT2D eigenvalue weighted by molar-refractivity contribution is 5.07. The molecular weight excluding hydrogens is 192 g/mol. The van der Waals surface area contributed by atoms with E-state index in [0.29, 0.717) is 16.2 Å². The van der Waals surface area contributed by atoms with Gasteiger partial charge in [-0.2, -0.15) is 0 Å². The van der Waals surface area contributed by atoms with E-state index in [1.807, 2.05) is 0 Å². The summed E-state index contributed by atoms with van der Waals surface area (Å²) >= 11 is 0. The van der Waals surface area contributed by atoms with Crippen molar-refractivity contribution in [3.05, 3.63) is 0 Å². The molecule has 0 aromatic heterocycles. The lowest BCUT2D eigenvalue weighted by atomic mass is 9.58. The van der Waals surface area contributed by atoms with Crippen LogP contribution in [0.15, 0.2) is 0 Å². The molecule has 3 fully saturated rings. The third kappa shape index (κ3) is 1.48. The smallest absolute Gasteiger partial charge is 0.0264 e. The molecule has 3 aliphatic rings. The Morgan fingerprint density at radius 1 is 0.938 bits per heavy atom. The molecule has 0 nitrogen and oxygen atoms in total. The second-order valence-electron chi connectivity index (χ2n) is 8.13. The van der Waals surface area contributed by atoms with Crippen LogP contribution in [0.3, 0.4) is 0 Å². The first-order chi connectivity index (χ1) is 7.45. The van der Waals surface area contributed by atoms with Gasteiger partial charge in [-0.3, -0.25) is 0 Å². The van der Waals surface area contributed by atoms with Gasteiger partial charge in [0.05, 0.1) is 0 Å². The molecule has 0 amide bonds. The molecule has 92 valence electrons. The van der Waals surface area contributed by atoms with Crippen LogP contribution in [-0.4, -0.2) is 0 Å². The van der Waals surface area contributed by atoms with Gasteiger partial charge in [0.2, 0.25) is 0 Å². The molecule has 2 bridgehead atoms. The lowest BCUT2D eigenvalue weighted by molar-refractivity contribution is 0.0329. The van der Waals surface area contributed by atoms with Gasteiger partial charge in [0.1, 0.15) is 0 Å². The highest BCUT2D eigenvalue weighted by atomic mass is 14.6. The molecule has 0 heterocycles. The minimum atomic E-state index is 0.676. The molecule has 0 aliphatic heterocycles. The van der Waals surface area contributed by atoms with E-state index in [1.54, 1.807) is 12.8 Å². The quantitative estimate of drug-likeness (QED) is 0.602. The highest BCUT2D eigenvalue weighted by Crippen LogP contribution is 2.68. The molecule has 0 aromatic rings. The molecule has 3 aliphatic carbocycles. The van der Waals surface area contributed by atoms with Crippen LogP contribution in [0.25, 0.3) is 0 Å². The zero-order chi connectivity index (χ0) is 11.4. The van der Waals surface area contributed by atoms with Gasteiger partial charge in [0, 0.05) is 0 Å². The van der Waals surface area contributed by atoms with Crippen molar-refractivity contribution in [3.63, 3.8) is 0 Å². The van der Waals surface area contributed by atoms with Crippen LogP contribution in [0.5, 0.6) is 0 Å². The van der Waals surface area contributed by atoms with E-state index >= 15 is 0 Å². The fraction of sp³-hybridized carbons (Fsp3) is 1.00. The maximum Gasteiger partial charge on any atom is -0.0264 e. The first-order valence-corrected chi connectivity index (χ1v) is 7.45. The first-order valence-electron chi connectivity index (χ1n) is 7.45. The molecule has 0 N–H and O–H groups in total. The van der Waals surface area contributed by atoms with Gasteiger partial charge in [-0.25, -0.2) is 0 Å². The fourth-order valence-electron chi connectivity index (χ4n) is 5.60. The molecule has 0 aromatic carbocycles. The van der Waals surface area contributed by atoms with E-state index in [4.69, 9.17) is 0 Å². The van der Waals surface area contributed by atoms with Crippen LogP contribution in [-0.2, 0) is 0 Å². The summed E-state index contributed by atoms with van der Waals surface area (Å²) in [5.41, 5.74) is 2.07. The van der Waals surface area contributed by atoms with Crippen molar-refractivity contribution < 1.29 is 0 Å². The summed E-state index contributed by atoms with van der Waals surface area (Å²) in [6, 6.07) is 0. The van der Waals surface area contributed by atoms with Crippen LogP contribution >= 0.6 is 0 Å². The van der Waals surface area contributed by atoms with Crippen LogP contribution in [0.1, 0.15) is 78.6 Å². The lowest BCUT2D eigenvalue weighted by Gasteiger charge is -2.47. The van der Waals surface area contributed by atoms with Crippen molar-refractivity contribution in [1.29, 1.82) is 0 Å². The lowest BCUT2D eigenvalue weighted by Crippen LogP contribution is -2.37. The molecule has 3 saturated carbocycles. The van der Waals surface area contributed by atoms with E-state index in [0.717, 1.165) is 5.92 Å². The number of fused-ring (bicyclic) bond motifs is 2. The van der Waals surface area contributed by atoms with Crippen molar-refractivity contribution in [1.82, 2.24) is 0 Å². The first kappa shape index (κ1) is 11.1. The van der Waals surface area contributed by atoms with Gasteiger partial charge in [-0.05, 0) is 67.1 Å². The molecule has 3 unspecified atom stereocenters. The Labute approximate surface area is 101 Å². The Kier molecular flexibility index (Phi) is 2.27. The Morgan fingerprint density at radius 3 is 2.12 bits per heavy atom. The zero-order valence-corrected chi connectivity index (χ0v) is 11.4. The van der Waals surface area contributed by atoms with Gasteiger partial charge in [-0.1, -0.05) is 33.6 Å². The third-order valence-electron chi connectivity index (χ3n) is 6.67. The summed E-state index contributed by atoms with van der Waals surface area (Å²) < 4.78 is 0. The average molecular weight is 220 g/mol. The molecule has 0 spiro atoms. The van der Waals surface area contributed by atoms with Gasteiger partial charge in [-0.15, -0.1) is 0 Å². The van der Waals surface area contributed by atoms with Gasteiger partial charge >= 0.3 is 0 Å². The number of hydrogen-bond donors (Lipinski definition) is 0. The largest absolute Gasteiger partial charge is 0.0596 e. The van der Waals surface area contributed by atoms with Gasteiger partial charge in [0.25, 0.3) is 0 Å². The SMILES string of the molecule is CC1(CC2(C)CC3CCC2(C)C3)CCCC1. The third-order valence-corrected chi connectivity index (χ3v) is 6.67. The normalized spacial score (nSPS) is 50.1. The van der Waals surface area contributed by atoms with Crippen molar-refractivity contribution in [2.24, 2.45) is 22.2 Å². The van der Waals surface area contributed by atoms with Gasteiger partial charge < -0.3 is 0 Å². The Balaban J connectivity index is 1.79. The fourth-order valence-corrected chi connectivity index (χ4v) is 5.60. The van der Waals surface area contributed by atoms with E-state index in [-0.39, 0.29) is 0 Å². The molecule has 16 heavy (non-hydrogen) atoms. The summed E-state index contributed by atoms with van der Waals surface area (Å²) in [5.74, 6) is 1.08. The minimum absolute atomic E-state index is 0.676. The summed E-state index contributed by atoms with van der Waals surface area (Å²) in [7, 11) is 0. The Bertz CT molecular complexity index is 286. The molecule has 0 radical (unpaired) electrons. The predicted molar refractivity (Wildman–Crippen MR) is 69.4 cm³/mol. The van der Waals surface area contributed by atoms with E-state index in [9.17, 15) is 0 Å². The second-order valence-corrected chi connectivity index (χ2v) is 8.13. The van der Waals surface area contributed by atoms with Crippen LogP contribution in [0.4, 0.5) is 0 Å². The molecule has 3 rings (SSSR count). The second kappa shape index (κ2) is 3.27. The molecular formula is C16H28. The topological polar surface area (TPSA) is 0 Å². The standard InChI is InChI=1S/C16H28/c1-14(7-4-5-8-14)12-16(3)11-13-6-9-15(16,2)10-13/h13H,4-12H2,1-3H3. The highest BCUT2D eigenvalue weighted by Gasteiger charge is 2.57. The summed E-state index contributed by atoms with van der Waals surface area (Å²) in [6.45, 7) is 7.79. The van der Waals surface area contributed by atoms with Crippen molar-refractivity contribution >= 4 is 0 Å². The Morgan fingerprint density at radius 2 is 1.62 bits per heavy atom. The summed E-state index contributed by atoms with van der Waals surface area (Å²) in [5, 5.41) is 0. The van der Waals surface area contributed by atoms with Crippen molar-refractivity contribution in [2.75, 3.05) is 0 Å². The molecule has 3 atom stereocenters. The van der Waals surface area contributed by atoms with Crippen molar-refractivity contribution in [3.8, 4) is 0 Å².